The van der Waals surface area contributed by atoms with Crippen LogP contribution in [0.2, 0.25) is 5.02 Å². The molecular formula is C9H11ClFNO2. The number of anilines is 1. The first kappa shape index (κ1) is 11.2. The molecule has 0 unspecified atom stereocenters. The average Bonchev–Trinajstić information content (AvgIpc) is 2.16. The number of halogens is 2. The Labute approximate surface area is 86.1 Å². The van der Waals surface area contributed by atoms with Gasteiger partial charge in [0.2, 0.25) is 0 Å². The number of hydrogen-bond acceptors (Lipinski definition) is 3. The van der Waals surface area contributed by atoms with E-state index in [1.165, 1.54) is 18.2 Å². The second-order valence-electron chi connectivity index (χ2n) is 2.84. The summed E-state index contributed by atoms with van der Waals surface area (Å²) in [4.78, 5) is 0. The average molecular weight is 220 g/mol. The Hall–Kier alpha value is -0.840. The lowest BCUT2D eigenvalue weighted by atomic mass is 10.3. The van der Waals surface area contributed by atoms with Crippen molar-refractivity contribution in [2.45, 2.75) is 6.10 Å². The van der Waals surface area contributed by atoms with Gasteiger partial charge in [-0.1, -0.05) is 11.6 Å². The van der Waals surface area contributed by atoms with E-state index in [4.69, 9.17) is 21.8 Å². The summed E-state index contributed by atoms with van der Waals surface area (Å²) in [6.45, 7) is -0.159. The van der Waals surface area contributed by atoms with Gasteiger partial charge in [-0.25, -0.2) is 4.39 Å². The second-order valence-corrected chi connectivity index (χ2v) is 3.25. The molecule has 1 atom stereocenters. The van der Waals surface area contributed by atoms with Crippen LogP contribution in [0.25, 0.3) is 0 Å². The Bertz CT molecular complexity index is 309. The Balaban J connectivity index is 2.59. The zero-order valence-electron chi connectivity index (χ0n) is 7.37. The van der Waals surface area contributed by atoms with Gasteiger partial charge in [0.15, 0.2) is 0 Å². The van der Waals surface area contributed by atoms with E-state index in [0.717, 1.165) is 0 Å². The minimum Gasteiger partial charge on any atom is -0.394 e. The lowest BCUT2D eigenvalue weighted by molar-refractivity contribution is 0.105. The highest BCUT2D eigenvalue weighted by Gasteiger charge is 2.04. The number of benzene rings is 1. The fourth-order valence-corrected chi connectivity index (χ4v) is 1.16. The van der Waals surface area contributed by atoms with Crippen molar-refractivity contribution >= 4 is 17.3 Å². The molecule has 0 saturated carbocycles. The van der Waals surface area contributed by atoms with Crippen LogP contribution in [0.3, 0.4) is 0 Å². The largest absolute Gasteiger partial charge is 0.394 e. The van der Waals surface area contributed by atoms with E-state index in [2.05, 4.69) is 5.32 Å². The molecule has 14 heavy (non-hydrogen) atoms. The molecule has 0 radical (unpaired) electrons. The standard InChI is InChI=1S/C9H11ClFNO2/c10-8-3-6(11)1-2-9(8)12-4-7(14)5-13/h1-3,7,12-14H,4-5H2/t7-/m0/s1. The molecule has 1 rings (SSSR count). The van der Waals surface area contributed by atoms with Crippen LogP contribution >= 0.6 is 11.6 Å². The quantitative estimate of drug-likeness (QED) is 0.714. The maximum atomic E-state index is 12.6. The van der Waals surface area contributed by atoms with Gasteiger partial charge in [0.1, 0.15) is 5.82 Å². The molecule has 0 amide bonds. The molecule has 0 aliphatic rings. The van der Waals surface area contributed by atoms with Gasteiger partial charge in [-0.15, -0.1) is 0 Å². The zero-order valence-corrected chi connectivity index (χ0v) is 8.13. The fourth-order valence-electron chi connectivity index (χ4n) is 0.925. The van der Waals surface area contributed by atoms with Crippen molar-refractivity contribution in [3.63, 3.8) is 0 Å². The minimum atomic E-state index is -0.851. The molecule has 3 N–H and O–H groups in total. The fraction of sp³-hybridized carbons (Fsp3) is 0.333. The number of nitrogens with one attached hydrogen (secondary N) is 1. The van der Waals surface area contributed by atoms with E-state index in [0.29, 0.717) is 5.69 Å². The van der Waals surface area contributed by atoms with Crippen LogP contribution in [0.5, 0.6) is 0 Å². The Morgan fingerprint density at radius 1 is 1.50 bits per heavy atom. The van der Waals surface area contributed by atoms with E-state index in [9.17, 15) is 4.39 Å². The van der Waals surface area contributed by atoms with Crippen LogP contribution in [0.1, 0.15) is 0 Å². The van der Waals surface area contributed by atoms with Crippen LogP contribution in [0.15, 0.2) is 18.2 Å². The van der Waals surface area contributed by atoms with Crippen molar-refractivity contribution in [2.75, 3.05) is 18.5 Å². The summed E-state index contributed by atoms with van der Waals surface area (Å²) in [5.74, 6) is -0.414. The summed E-state index contributed by atoms with van der Waals surface area (Å²) in [6.07, 6.45) is -0.851. The molecular weight excluding hydrogens is 209 g/mol. The van der Waals surface area contributed by atoms with E-state index in [1.54, 1.807) is 0 Å². The summed E-state index contributed by atoms with van der Waals surface area (Å²) >= 11 is 5.71. The summed E-state index contributed by atoms with van der Waals surface area (Å²) < 4.78 is 12.6. The van der Waals surface area contributed by atoms with Gasteiger partial charge in [-0.2, -0.15) is 0 Å². The Morgan fingerprint density at radius 2 is 2.21 bits per heavy atom. The lowest BCUT2D eigenvalue weighted by Crippen LogP contribution is -2.23. The van der Waals surface area contributed by atoms with Crippen molar-refractivity contribution in [2.24, 2.45) is 0 Å². The first-order chi connectivity index (χ1) is 6.63. The van der Waals surface area contributed by atoms with Crippen molar-refractivity contribution in [1.29, 1.82) is 0 Å². The van der Waals surface area contributed by atoms with Gasteiger partial charge >= 0.3 is 0 Å². The van der Waals surface area contributed by atoms with E-state index >= 15 is 0 Å². The predicted octanol–water partition coefficient (Wildman–Crippen LogP) is 1.24. The molecule has 78 valence electrons. The highest BCUT2D eigenvalue weighted by atomic mass is 35.5. The van der Waals surface area contributed by atoms with Crippen LogP contribution in [-0.2, 0) is 0 Å². The third kappa shape index (κ3) is 3.14. The topological polar surface area (TPSA) is 52.5 Å². The minimum absolute atomic E-state index is 0.169. The van der Waals surface area contributed by atoms with Crippen molar-refractivity contribution in [1.82, 2.24) is 0 Å². The van der Waals surface area contributed by atoms with Crippen LogP contribution in [0.4, 0.5) is 10.1 Å². The third-order valence-corrected chi connectivity index (χ3v) is 1.98. The molecule has 0 aliphatic heterocycles. The molecule has 0 saturated heterocycles. The van der Waals surface area contributed by atoms with Gasteiger partial charge in [0, 0.05) is 6.54 Å². The molecule has 0 fully saturated rings. The maximum absolute atomic E-state index is 12.6. The maximum Gasteiger partial charge on any atom is 0.124 e. The first-order valence-corrected chi connectivity index (χ1v) is 4.49. The number of hydrogen-bond donors (Lipinski definition) is 3. The van der Waals surface area contributed by atoms with Crippen LogP contribution in [-0.4, -0.2) is 29.5 Å². The van der Waals surface area contributed by atoms with Crippen LogP contribution in [0, 0.1) is 5.82 Å². The molecule has 3 nitrogen and oxygen atoms in total. The SMILES string of the molecule is OC[C@@H](O)CNc1ccc(F)cc1Cl. The summed E-state index contributed by atoms with van der Waals surface area (Å²) in [5, 5.41) is 20.6. The van der Waals surface area contributed by atoms with Gasteiger partial charge in [-0.05, 0) is 18.2 Å². The molecule has 0 aliphatic carbocycles. The van der Waals surface area contributed by atoms with E-state index in [-0.39, 0.29) is 18.2 Å². The van der Waals surface area contributed by atoms with Gasteiger partial charge < -0.3 is 15.5 Å². The molecule has 0 aromatic heterocycles. The summed E-state index contributed by atoms with van der Waals surface area (Å²) in [5.41, 5.74) is 0.528. The molecule has 1 aromatic rings. The zero-order chi connectivity index (χ0) is 10.6. The monoisotopic (exact) mass is 219 g/mol. The predicted molar refractivity (Wildman–Crippen MR) is 53.0 cm³/mol. The van der Waals surface area contributed by atoms with Gasteiger partial charge in [0.25, 0.3) is 0 Å². The molecule has 0 bridgehead atoms. The smallest absolute Gasteiger partial charge is 0.124 e. The van der Waals surface area contributed by atoms with E-state index in [1.807, 2.05) is 0 Å². The highest BCUT2D eigenvalue weighted by molar-refractivity contribution is 6.33. The van der Waals surface area contributed by atoms with Gasteiger partial charge in [0.05, 0.1) is 23.4 Å². The van der Waals surface area contributed by atoms with Crippen LogP contribution < -0.4 is 5.32 Å². The lowest BCUT2D eigenvalue weighted by Gasteiger charge is -2.11. The molecule has 5 heteroatoms. The molecule has 0 spiro atoms. The Morgan fingerprint density at radius 3 is 2.79 bits per heavy atom. The van der Waals surface area contributed by atoms with Gasteiger partial charge in [-0.3, -0.25) is 0 Å². The van der Waals surface area contributed by atoms with E-state index < -0.39 is 11.9 Å². The normalized spacial score (nSPS) is 12.6. The number of aliphatic hydroxyl groups excluding tert-OH is 2. The van der Waals surface area contributed by atoms with Crippen molar-refractivity contribution < 1.29 is 14.6 Å². The van der Waals surface area contributed by atoms with Crippen molar-refractivity contribution in [3.05, 3.63) is 29.0 Å². The third-order valence-electron chi connectivity index (χ3n) is 1.67. The molecule has 0 heterocycles. The number of aliphatic hydroxyl groups is 2. The summed E-state index contributed by atoms with van der Waals surface area (Å²) in [6, 6.07) is 3.91. The first-order valence-electron chi connectivity index (χ1n) is 4.11. The van der Waals surface area contributed by atoms with Crippen molar-refractivity contribution in [3.8, 4) is 0 Å². The summed E-state index contributed by atoms with van der Waals surface area (Å²) in [7, 11) is 0. The second kappa shape index (κ2) is 5.14. The molecule has 1 aromatic carbocycles. The Kier molecular flexibility index (Phi) is 4.13. The number of rotatable bonds is 4. The highest BCUT2D eigenvalue weighted by Crippen LogP contribution is 2.22.